The van der Waals surface area contributed by atoms with E-state index in [1.165, 1.54) is 5.56 Å². The second kappa shape index (κ2) is 6.85. The van der Waals surface area contributed by atoms with Crippen molar-refractivity contribution in [3.8, 4) is 0 Å². The second-order valence-electron chi connectivity index (χ2n) is 4.32. The average molecular weight is 312 g/mol. The number of hydrogen-bond donors (Lipinski definition) is 1. The van der Waals surface area contributed by atoms with Crippen molar-refractivity contribution in [2.75, 3.05) is 23.3 Å². The van der Waals surface area contributed by atoms with Crippen LogP contribution in [0.15, 0.2) is 16.8 Å². The van der Waals surface area contributed by atoms with Gasteiger partial charge in [-0.1, -0.05) is 0 Å². The molecule has 0 aliphatic rings. The standard InChI is InChI=1S/C13H18ClN5S/c1-4-19(5-2)13-17-11(14)16-12(18-13)15-9(3)10-6-7-20-8-10/h6-9H,4-5H2,1-3H3,(H,15,16,17,18). The number of nitrogens with zero attached hydrogens (tertiary/aromatic N) is 4. The maximum absolute atomic E-state index is 5.99. The van der Waals surface area contributed by atoms with Crippen molar-refractivity contribution in [3.63, 3.8) is 0 Å². The Morgan fingerprint density at radius 3 is 2.65 bits per heavy atom. The van der Waals surface area contributed by atoms with Gasteiger partial charge in [0.25, 0.3) is 0 Å². The first kappa shape index (κ1) is 15.0. The summed E-state index contributed by atoms with van der Waals surface area (Å²) in [5.74, 6) is 1.11. The molecule has 1 unspecified atom stereocenters. The van der Waals surface area contributed by atoms with Gasteiger partial charge in [-0.2, -0.15) is 26.3 Å². The van der Waals surface area contributed by atoms with Gasteiger partial charge in [0, 0.05) is 13.1 Å². The molecule has 108 valence electrons. The summed E-state index contributed by atoms with van der Waals surface area (Å²) in [4.78, 5) is 14.8. The summed E-state index contributed by atoms with van der Waals surface area (Å²) < 4.78 is 0. The van der Waals surface area contributed by atoms with Crippen LogP contribution in [0.2, 0.25) is 5.28 Å². The van der Waals surface area contributed by atoms with Gasteiger partial charge in [-0.3, -0.25) is 0 Å². The van der Waals surface area contributed by atoms with Crippen LogP contribution in [0.5, 0.6) is 0 Å². The summed E-state index contributed by atoms with van der Waals surface area (Å²) in [6, 6.07) is 2.21. The van der Waals surface area contributed by atoms with E-state index in [4.69, 9.17) is 11.6 Å². The zero-order valence-electron chi connectivity index (χ0n) is 11.8. The predicted octanol–water partition coefficient (Wildman–Crippen LogP) is 3.61. The molecule has 5 nitrogen and oxygen atoms in total. The lowest BCUT2D eigenvalue weighted by atomic mass is 10.2. The molecule has 1 N–H and O–H groups in total. The maximum atomic E-state index is 5.99. The molecule has 1 atom stereocenters. The van der Waals surface area contributed by atoms with Crippen LogP contribution in [0.4, 0.5) is 11.9 Å². The SMILES string of the molecule is CCN(CC)c1nc(Cl)nc(NC(C)c2ccsc2)n1. The van der Waals surface area contributed by atoms with E-state index in [9.17, 15) is 0 Å². The highest BCUT2D eigenvalue weighted by atomic mass is 35.5. The fourth-order valence-electron chi connectivity index (χ4n) is 1.85. The Hall–Kier alpha value is -1.40. The molecular formula is C13H18ClN5S. The number of anilines is 2. The molecule has 0 saturated heterocycles. The first-order chi connectivity index (χ1) is 9.63. The highest BCUT2D eigenvalue weighted by Crippen LogP contribution is 2.21. The minimum Gasteiger partial charge on any atom is -0.347 e. The average Bonchev–Trinajstić information content (AvgIpc) is 2.93. The van der Waals surface area contributed by atoms with E-state index < -0.39 is 0 Å². The molecule has 0 spiro atoms. The molecule has 2 aromatic rings. The van der Waals surface area contributed by atoms with Gasteiger partial charge in [-0.15, -0.1) is 0 Å². The molecular weight excluding hydrogens is 294 g/mol. The van der Waals surface area contributed by atoms with E-state index in [0.717, 1.165) is 13.1 Å². The highest BCUT2D eigenvalue weighted by molar-refractivity contribution is 7.07. The Morgan fingerprint density at radius 1 is 1.30 bits per heavy atom. The van der Waals surface area contributed by atoms with Crippen LogP contribution in [0.1, 0.15) is 32.4 Å². The van der Waals surface area contributed by atoms with E-state index in [1.807, 2.05) is 4.90 Å². The fourth-order valence-corrected chi connectivity index (χ4v) is 2.76. The van der Waals surface area contributed by atoms with Crippen LogP contribution in [-0.4, -0.2) is 28.0 Å². The number of nitrogens with one attached hydrogen (secondary N) is 1. The molecule has 2 rings (SSSR count). The van der Waals surface area contributed by atoms with Gasteiger partial charge in [0.1, 0.15) is 0 Å². The lowest BCUT2D eigenvalue weighted by Gasteiger charge is -2.19. The Labute approximate surface area is 128 Å². The molecule has 2 aromatic heterocycles. The maximum Gasteiger partial charge on any atom is 0.231 e. The van der Waals surface area contributed by atoms with E-state index in [-0.39, 0.29) is 11.3 Å². The van der Waals surface area contributed by atoms with Crippen molar-refractivity contribution < 1.29 is 0 Å². The molecule has 7 heteroatoms. The van der Waals surface area contributed by atoms with Crippen molar-refractivity contribution in [3.05, 3.63) is 27.7 Å². The number of rotatable bonds is 6. The van der Waals surface area contributed by atoms with E-state index in [0.29, 0.717) is 11.9 Å². The minimum atomic E-state index is 0.129. The van der Waals surface area contributed by atoms with Crippen LogP contribution in [-0.2, 0) is 0 Å². The molecule has 0 aliphatic carbocycles. The van der Waals surface area contributed by atoms with Gasteiger partial charge in [-0.25, -0.2) is 0 Å². The van der Waals surface area contributed by atoms with Crippen LogP contribution < -0.4 is 10.2 Å². The van der Waals surface area contributed by atoms with E-state index in [1.54, 1.807) is 11.3 Å². The summed E-state index contributed by atoms with van der Waals surface area (Å²) in [5.41, 5.74) is 1.20. The number of halogens is 1. The molecule has 0 fully saturated rings. The number of hydrogen-bond acceptors (Lipinski definition) is 6. The second-order valence-corrected chi connectivity index (χ2v) is 5.44. The Balaban J connectivity index is 2.19. The van der Waals surface area contributed by atoms with E-state index in [2.05, 4.69) is 57.9 Å². The summed E-state index contributed by atoms with van der Waals surface area (Å²) >= 11 is 7.66. The van der Waals surface area contributed by atoms with E-state index >= 15 is 0 Å². The normalized spacial score (nSPS) is 12.2. The molecule has 0 radical (unpaired) electrons. The Bertz CT molecular complexity index is 542. The van der Waals surface area contributed by atoms with Crippen molar-refractivity contribution in [2.24, 2.45) is 0 Å². The van der Waals surface area contributed by atoms with Gasteiger partial charge in [0.05, 0.1) is 6.04 Å². The first-order valence-electron chi connectivity index (χ1n) is 6.59. The molecule has 0 bridgehead atoms. The fraction of sp³-hybridized carbons (Fsp3) is 0.462. The minimum absolute atomic E-state index is 0.129. The third-order valence-corrected chi connectivity index (χ3v) is 3.90. The summed E-state index contributed by atoms with van der Waals surface area (Å²) in [6.45, 7) is 7.84. The largest absolute Gasteiger partial charge is 0.347 e. The van der Waals surface area contributed by atoms with Gasteiger partial charge in [-0.05, 0) is 54.8 Å². The van der Waals surface area contributed by atoms with Crippen LogP contribution >= 0.6 is 22.9 Å². The quantitative estimate of drug-likeness (QED) is 0.883. The third kappa shape index (κ3) is 3.58. The highest BCUT2D eigenvalue weighted by Gasteiger charge is 2.12. The first-order valence-corrected chi connectivity index (χ1v) is 7.91. The molecule has 0 aromatic carbocycles. The number of aromatic nitrogens is 3. The van der Waals surface area contributed by atoms with Crippen molar-refractivity contribution in [1.29, 1.82) is 0 Å². The Kier molecular flexibility index (Phi) is 5.14. The van der Waals surface area contributed by atoms with Crippen molar-refractivity contribution in [1.82, 2.24) is 15.0 Å². The number of thiophene rings is 1. The molecule has 0 aliphatic heterocycles. The van der Waals surface area contributed by atoms with Crippen LogP contribution in [0.25, 0.3) is 0 Å². The lowest BCUT2D eigenvalue weighted by molar-refractivity contribution is 0.800. The predicted molar refractivity (Wildman–Crippen MR) is 84.8 cm³/mol. The van der Waals surface area contributed by atoms with Gasteiger partial charge >= 0.3 is 0 Å². The molecule has 20 heavy (non-hydrogen) atoms. The molecule has 2 heterocycles. The van der Waals surface area contributed by atoms with Gasteiger partial charge in [0.15, 0.2) is 0 Å². The van der Waals surface area contributed by atoms with Crippen molar-refractivity contribution in [2.45, 2.75) is 26.8 Å². The zero-order valence-corrected chi connectivity index (χ0v) is 13.4. The smallest absolute Gasteiger partial charge is 0.231 e. The van der Waals surface area contributed by atoms with Gasteiger partial charge < -0.3 is 10.2 Å². The monoisotopic (exact) mass is 311 g/mol. The third-order valence-electron chi connectivity index (χ3n) is 3.03. The van der Waals surface area contributed by atoms with Crippen LogP contribution in [0, 0.1) is 0 Å². The zero-order chi connectivity index (χ0) is 14.5. The van der Waals surface area contributed by atoms with Gasteiger partial charge in [0.2, 0.25) is 17.2 Å². The van der Waals surface area contributed by atoms with Crippen LogP contribution in [0.3, 0.4) is 0 Å². The molecule has 0 amide bonds. The summed E-state index contributed by atoms with van der Waals surface area (Å²) in [7, 11) is 0. The molecule has 0 saturated carbocycles. The summed E-state index contributed by atoms with van der Waals surface area (Å²) in [6.07, 6.45) is 0. The van der Waals surface area contributed by atoms with Crippen molar-refractivity contribution >= 4 is 34.8 Å². The summed E-state index contributed by atoms with van der Waals surface area (Å²) in [5, 5.41) is 7.63. The lowest BCUT2D eigenvalue weighted by Crippen LogP contribution is -2.25. The topological polar surface area (TPSA) is 53.9 Å². The Morgan fingerprint density at radius 2 is 2.05 bits per heavy atom.